The third-order valence-electron chi connectivity index (χ3n) is 3.29. The summed E-state index contributed by atoms with van der Waals surface area (Å²) in [5.41, 5.74) is 4.06. The van der Waals surface area contributed by atoms with Gasteiger partial charge < -0.3 is 9.67 Å². The van der Waals surface area contributed by atoms with Crippen LogP contribution < -0.4 is 0 Å². The van der Waals surface area contributed by atoms with Crippen LogP contribution in [0.15, 0.2) is 42.2 Å². The van der Waals surface area contributed by atoms with E-state index in [4.69, 9.17) is 5.11 Å². The minimum Gasteiger partial charge on any atom is -0.481 e. The van der Waals surface area contributed by atoms with Crippen molar-refractivity contribution < 1.29 is 9.90 Å². The topological polar surface area (TPSA) is 55.1 Å². The Bertz CT molecular complexity index is 732. The molecule has 0 fully saturated rings. The SMILES string of the molecule is O=C(O)CCc1cn(Cc2cncs2)c2ccccc12. The monoisotopic (exact) mass is 286 g/mol. The van der Waals surface area contributed by atoms with E-state index in [1.807, 2.05) is 23.8 Å². The van der Waals surface area contributed by atoms with E-state index in [1.165, 1.54) is 4.88 Å². The number of nitrogens with zero attached hydrogens (tertiary/aromatic N) is 2. The Morgan fingerprint density at radius 1 is 1.35 bits per heavy atom. The van der Waals surface area contributed by atoms with E-state index in [1.54, 1.807) is 11.3 Å². The lowest BCUT2D eigenvalue weighted by atomic mass is 10.1. The normalized spacial score (nSPS) is 11.0. The zero-order valence-corrected chi connectivity index (χ0v) is 11.6. The number of para-hydroxylation sites is 1. The van der Waals surface area contributed by atoms with Crippen molar-refractivity contribution in [3.63, 3.8) is 0 Å². The van der Waals surface area contributed by atoms with Crippen LogP contribution in [0, 0.1) is 0 Å². The molecule has 102 valence electrons. The number of thiazole rings is 1. The third-order valence-corrected chi connectivity index (χ3v) is 4.05. The lowest BCUT2D eigenvalue weighted by Gasteiger charge is -2.01. The number of aliphatic carboxylic acids is 1. The number of carboxylic acids is 1. The smallest absolute Gasteiger partial charge is 0.303 e. The molecule has 0 amide bonds. The number of hydrogen-bond donors (Lipinski definition) is 1. The number of rotatable bonds is 5. The predicted octanol–water partition coefficient (Wildman–Crippen LogP) is 3.16. The molecule has 0 bridgehead atoms. The quantitative estimate of drug-likeness (QED) is 0.784. The maximum absolute atomic E-state index is 10.8. The Morgan fingerprint density at radius 2 is 2.20 bits per heavy atom. The van der Waals surface area contributed by atoms with Crippen molar-refractivity contribution in [2.75, 3.05) is 0 Å². The molecule has 4 nitrogen and oxygen atoms in total. The number of hydrogen-bond acceptors (Lipinski definition) is 3. The van der Waals surface area contributed by atoms with Crippen LogP contribution >= 0.6 is 11.3 Å². The Balaban J connectivity index is 1.97. The molecule has 2 heterocycles. The summed E-state index contributed by atoms with van der Waals surface area (Å²) in [7, 11) is 0. The zero-order chi connectivity index (χ0) is 13.9. The number of fused-ring (bicyclic) bond motifs is 1. The molecule has 0 unspecified atom stereocenters. The average molecular weight is 286 g/mol. The predicted molar refractivity (Wildman–Crippen MR) is 79.1 cm³/mol. The molecule has 0 atom stereocenters. The molecule has 0 spiro atoms. The van der Waals surface area contributed by atoms with Crippen LogP contribution in [0.5, 0.6) is 0 Å². The van der Waals surface area contributed by atoms with E-state index in [2.05, 4.69) is 27.9 Å². The highest BCUT2D eigenvalue weighted by atomic mass is 32.1. The van der Waals surface area contributed by atoms with Crippen molar-refractivity contribution in [1.82, 2.24) is 9.55 Å². The maximum atomic E-state index is 10.8. The first-order valence-electron chi connectivity index (χ1n) is 6.40. The van der Waals surface area contributed by atoms with Gasteiger partial charge in [-0.05, 0) is 18.1 Å². The molecule has 5 heteroatoms. The number of aryl methyl sites for hydroxylation is 1. The Hall–Kier alpha value is -2.14. The minimum atomic E-state index is -0.760. The summed E-state index contributed by atoms with van der Waals surface area (Å²) >= 11 is 1.63. The van der Waals surface area contributed by atoms with Crippen molar-refractivity contribution >= 4 is 28.2 Å². The molecular weight excluding hydrogens is 272 g/mol. The van der Waals surface area contributed by atoms with Crippen molar-refractivity contribution in [2.24, 2.45) is 0 Å². The van der Waals surface area contributed by atoms with Gasteiger partial charge in [0, 0.05) is 34.6 Å². The highest BCUT2D eigenvalue weighted by Gasteiger charge is 2.10. The van der Waals surface area contributed by atoms with Gasteiger partial charge in [-0.15, -0.1) is 11.3 Å². The molecule has 3 aromatic rings. The number of benzene rings is 1. The van der Waals surface area contributed by atoms with Crippen LogP contribution in [0.4, 0.5) is 0 Å². The van der Waals surface area contributed by atoms with Gasteiger partial charge in [0.05, 0.1) is 12.1 Å². The van der Waals surface area contributed by atoms with Gasteiger partial charge in [0.2, 0.25) is 0 Å². The standard InChI is InChI=1S/C15H14N2O2S/c18-15(19)6-5-11-8-17(9-12-7-16-10-20-12)14-4-2-1-3-13(11)14/h1-4,7-8,10H,5-6,9H2,(H,18,19). The van der Waals surface area contributed by atoms with Gasteiger partial charge in [0.15, 0.2) is 0 Å². The molecule has 0 aliphatic carbocycles. The van der Waals surface area contributed by atoms with Crippen molar-refractivity contribution in [1.29, 1.82) is 0 Å². The molecule has 1 aromatic carbocycles. The highest BCUT2D eigenvalue weighted by molar-refractivity contribution is 7.09. The third kappa shape index (κ3) is 2.58. The van der Waals surface area contributed by atoms with Crippen LogP contribution in [0.1, 0.15) is 16.9 Å². The first-order valence-corrected chi connectivity index (χ1v) is 7.28. The molecule has 3 rings (SSSR count). The fourth-order valence-electron chi connectivity index (χ4n) is 2.38. The molecular formula is C15H14N2O2S. The van der Waals surface area contributed by atoms with Crippen LogP contribution in [-0.2, 0) is 17.8 Å². The highest BCUT2D eigenvalue weighted by Crippen LogP contribution is 2.24. The van der Waals surface area contributed by atoms with Gasteiger partial charge >= 0.3 is 5.97 Å². The van der Waals surface area contributed by atoms with Gasteiger partial charge in [-0.2, -0.15) is 0 Å². The van der Waals surface area contributed by atoms with Crippen LogP contribution in [0.2, 0.25) is 0 Å². The van der Waals surface area contributed by atoms with Gasteiger partial charge in [-0.3, -0.25) is 9.78 Å². The van der Waals surface area contributed by atoms with Gasteiger partial charge in [0.25, 0.3) is 0 Å². The Kier molecular flexibility index (Phi) is 3.52. The number of aromatic nitrogens is 2. The lowest BCUT2D eigenvalue weighted by molar-refractivity contribution is -0.136. The second-order valence-corrected chi connectivity index (χ2v) is 5.63. The average Bonchev–Trinajstić information content (AvgIpc) is 3.06. The van der Waals surface area contributed by atoms with Crippen LogP contribution in [0.25, 0.3) is 10.9 Å². The summed E-state index contributed by atoms with van der Waals surface area (Å²) in [6.45, 7) is 0.776. The van der Waals surface area contributed by atoms with E-state index < -0.39 is 5.97 Å². The van der Waals surface area contributed by atoms with E-state index >= 15 is 0 Å². The van der Waals surface area contributed by atoms with Gasteiger partial charge in [0.1, 0.15) is 0 Å². The van der Waals surface area contributed by atoms with Gasteiger partial charge in [-0.25, -0.2) is 0 Å². The molecule has 0 aliphatic heterocycles. The number of carboxylic acid groups (broad SMARTS) is 1. The van der Waals surface area contributed by atoms with Crippen molar-refractivity contribution in [2.45, 2.75) is 19.4 Å². The fraction of sp³-hybridized carbons (Fsp3) is 0.200. The summed E-state index contributed by atoms with van der Waals surface area (Å²) in [5, 5.41) is 9.98. The second-order valence-electron chi connectivity index (χ2n) is 4.66. The van der Waals surface area contributed by atoms with Gasteiger partial charge in [-0.1, -0.05) is 18.2 Å². The lowest BCUT2D eigenvalue weighted by Crippen LogP contribution is -1.97. The molecule has 20 heavy (non-hydrogen) atoms. The molecule has 1 N–H and O–H groups in total. The summed E-state index contributed by atoms with van der Waals surface area (Å²) in [6, 6.07) is 8.12. The summed E-state index contributed by atoms with van der Waals surface area (Å²) in [5.74, 6) is -0.760. The van der Waals surface area contributed by atoms with E-state index in [9.17, 15) is 4.79 Å². The molecule has 0 saturated heterocycles. The Morgan fingerprint density at radius 3 is 2.95 bits per heavy atom. The molecule has 0 saturated carbocycles. The zero-order valence-electron chi connectivity index (χ0n) is 10.8. The van der Waals surface area contributed by atoms with Crippen molar-refractivity contribution in [3.05, 3.63) is 52.6 Å². The first kappa shape index (κ1) is 12.9. The van der Waals surface area contributed by atoms with E-state index in [0.717, 1.165) is 23.0 Å². The largest absolute Gasteiger partial charge is 0.481 e. The number of carbonyl (C=O) groups is 1. The first-order chi connectivity index (χ1) is 9.74. The minimum absolute atomic E-state index is 0.161. The molecule has 0 radical (unpaired) electrons. The van der Waals surface area contributed by atoms with E-state index in [-0.39, 0.29) is 6.42 Å². The molecule has 2 aromatic heterocycles. The summed E-state index contributed by atoms with van der Waals surface area (Å²) in [6.07, 6.45) is 4.66. The van der Waals surface area contributed by atoms with E-state index in [0.29, 0.717) is 6.42 Å². The Labute approximate surface area is 120 Å². The maximum Gasteiger partial charge on any atom is 0.303 e. The van der Waals surface area contributed by atoms with Crippen molar-refractivity contribution in [3.8, 4) is 0 Å². The van der Waals surface area contributed by atoms with Crippen LogP contribution in [0.3, 0.4) is 0 Å². The summed E-state index contributed by atoms with van der Waals surface area (Å²) < 4.78 is 2.17. The van der Waals surface area contributed by atoms with Crippen LogP contribution in [-0.4, -0.2) is 20.6 Å². The summed E-state index contributed by atoms with van der Waals surface area (Å²) in [4.78, 5) is 16.0. The molecule has 0 aliphatic rings. The second kappa shape index (κ2) is 5.46. The fourth-order valence-corrected chi connectivity index (χ4v) is 2.98.